The Balaban J connectivity index is 1.71. The van der Waals surface area contributed by atoms with E-state index in [1.165, 1.54) is 29.5 Å². The van der Waals surface area contributed by atoms with E-state index in [4.69, 9.17) is 0 Å². The lowest BCUT2D eigenvalue weighted by Crippen LogP contribution is -2.39. The first kappa shape index (κ1) is 14.3. The number of hydrogen-bond donors (Lipinski definition) is 1. The molecule has 1 atom stereocenters. The molecule has 0 aromatic heterocycles. The molecule has 1 nitrogen and oxygen atoms in total. The second-order valence-electron chi connectivity index (χ2n) is 6.81. The maximum absolute atomic E-state index is 3.82. The van der Waals surface area contributed by atoms with Gasteiger partial charge in [-0.3, -0.25) is 0 Å². The van der Waals surface area contributed by atoms with Gasteiger partial charge in [0.05, 0.1) is 0 Å². The molecular weight excluding hydrogens is 254 g/mol. The van der Waals surface area contributed by atoms with Crippen LogP contribution in [0.4, 0.5) is 0 Å². The van der Waals surface area contributed by atoms with Gasteiger partial charge in [0.15, 0.2) is 0 Å². The smallest absolute Gasteiger partial charge is 0.0374 e. The molecular formula is C20H25N. The van der Waals surface area contributed by atoms with Gasteiger partial charge in [0, 0.05) is 6.04 Å². The van der Waals surface area contributed by atoms with Crippen molar-refractivity contribution in [3.63, 3.8) is 0 Å². The van der Waals surface area contributed by atoms with Crippen molar-refractivity contribution in [2.24, 2.45) is 5.41 Å². The number of benzene rings is 2. The standard InChI is InChI=1S/C20H25N/c1-20(2)14-12-17-10-6-7-11-18(17)19(20)21-15-13-16-8-4-3-5-9-16/h3-11,19,21H,12-15H2,1-2H3. The summed E-state index contributed by atoms with van der Waals surface area (Å²) >= 11 is 0. The molecule has 1 unspecified atom stereocenters. The van der Waals surface area contributed by atoms with Gasteiger partial charge in [0.25, 0.3) is 0 Å². The summed E-state index contributed by atoms with van der Waals surface area (Å²) in [7, 11) is 0. The van der Waals surface area contributed by atoms with Crippen molar-refractivity contribution < 1.29 is 0 Å². The van der Waals surface area contributed by atoms with Gasteiger partial charge >= 0.3 is 0 Å². The average molecular weight is 279 g/mol. The number of aryl methyl sites for hydroxylation is 1. The van der Waals surface area contributed by atoms with Crippen LogP contribution in [0.25, 0.3) is 0 Å². The largest absolute Gasteiger partial charge is 0.309 e. The van der Waals surface area contributed by atoms with Crippen molar-refractivity contribution >= 4 is 0 Å². The Morgan fingerprint density at radius 2 is 1.71 bits per heavy atom. The van der Waals surface area contributed by atoms with E-state index in [1.54, 1.807) is 0 Å². The van der Waals surface area contributed by atoms with Crippen LogP contribution in [0.1, 0.15) is 43.0 Å². The van der Waals surface area contributed by atoms with E-state index in [1.807, 2.05) is 0 Å². The normalized spacial score (nSPS) is 20.0. The van der Waals surface area contributed by atoms with Crippen molar-refractivity contribution in [1.29, 1.82) is 0 Å². The van der Waals surface area contributed by atoms with E-state index >= 15 is 0 Å². The number of hydrogen-bond acceptors (Lipinski definition) is 1. The van der Waals surface area contributed by atoms with Crippen LogP contribution >= 0.6 is 0 Å². The molecule has 1 heteroatoms. The highest BCUT2D eigenvalue weighted by atomic mass is 14.9. The van der Waals surface area contributed by atoms with Gasteiger partial charge in [-0.05, 0) is 47.9 Å². The molecule has 0 saturated carbocycles. The Hall–Kier alpha value is -1.60. The van der Waals surface area contributed by atoms with Crippen LogP contribution in [0.15, 0.2) is 54.6 Å². The topological polar surface area (TPSA) is 12.0 Å². The third-order valence-corrected chi connectivity index (χ3v) is 4.79. The van der Waals surface area contributed by atoms with Crippen LogP contribution in [0.5, 0.6) is 0 Å². The van der Waals surface area contributed by atoms with Crippen molar-refractivity contribution in [2.45, 2.75) is 39.2 Å². The van der Waals surface area contributed by atoms with Gasteiger partial charge in [-0.1, -0.05) is 68.4 Å². The van der Waals surface area contributed by atoms with E-state index in [2.05, 4.69) is 73.8 Å². The summed E-state index contributed by atoms with van der Waals surface area (Å²) in [4.78, 5) is 0. The van der Waals surface area contributed by atoms with Gasteiger partial charge in [0.1, 0.15) is 0 Å². The van der Waals surface area contributed by atoms with Gasteiger partial charge in [0.2, 0.25) is 0 Å². The molecule has 2 aromatic rings. The fraction of sp³-hybridized carbons (Fsp3) is 0.400. The van der Waals surface area contributed by atoms with Crippen molar-refractivity contribution in [3.05, 3.63) is 71.3 Å². The predicted octanol–water partition coefficient (Wildman–Crippen LogP) is 4.53. The molecule has 1 N–H and O–H groups in total. The van der Waals surface area contributed by atoms with Crippen LogP contribution < -0.4 is 5.32 Å². The molecule has 0 aliphatic heterocycles. The molecule has 0 amide bonds. The first-order valence-corrected chi connectivity index (χ1v) is 8.02. The van der Waals surface area contributed by atoms with Crippen molar-refractivity contribution in [1.82, 2.24) is 5.32 Å². The summed E-state index contributed by atoms with van der Waals surface area (Å²) in [5, 5.41) is 3.82. The second kappa shape index (κ2) is 6.03. The summed E-state index contributed by atoms with van der Waals surface area (Å²) in [5.41, 5.74) is 4.76. The van der Waals surface area contributed by atoms with Crippen molar-refractivity contribution in [2.75, 3.05) is 6.54 Å². The van der Waals surface area contributed by atoms with E-state index < -0.39 is 0 Å². The van der Waals surface area contributed by atoms with E-state index in [0.717, 1.165) is 13.0 Å². The Bertz CT molecular complexity index is 586. The molecule has 21 heavy (non-hydrogen) atoms. The molecule has 0 saturated heterocycles. The van der Waals surface area contributed by atoms with Crippen LogP contribution in [-0.2, 0) is 12.8 Å². The van der Waals surface area contributed by atoms with Gasteiger partial charge in [-0.25, -0.2) is 0 Å². The SMILES string of the molecule is CC1(C)CCc2ccccc2C1NCCc1ccccc1. The summed E-state index contributed by atoms with van der Waals surface area (Å²) in [5.74, 6) is 0. The zero-order valence-electron chi connectivity index (χ0n) is 13.1. The quantitative estimate of drug-likeness (QED) is 0.867. The summed E-state index contributed by atoms with van der Waals surface area (Å²) in [6.07, 6.45) is 3.56. The van der Waals surface area contributed by atoms with Gasteiger partial charge < -0.3 is 5.32 Å². The molecule has 0 bridgehead atoms. The Morgan fingerprint density at radius 3 is 2.52 bits per heavy atom. The van der Waals surface area contributed by atoms with Crippen molar-refractivity contribution in [3.8, 4) is 0 Å². The zero-order chi connectivity index (χ0) is 14.7. The summed E-state index contributed by atoms with van der Waals surface area (Å²) < 4.78 is 0. The maximum Gasteiger partial charge on any atom is 0.0374 e. The molecule has 3 rings (SSSR count). The lowest BCUT2D eigenvalue weighted by atomic mass is 9.70. The summed E-state index contributed by atoms with van der Waals surface area (Å²) in [6, 6.07) is 20.1. The second-order valence-corrected chi connectivity index (χ2v) is 6.81. The molecule has 2 aromatic carbocycles. The minimum atomic E-state index is 0.324. The maximum atomic E-state index is 3.82. The molecule has 0 fully saturated rings. The van der Waals surface area contributed by atoms with Gasteiger partial charge in [-0.2, -0.15) is 0 Å². The predicted molar refractivity (Wildman–Crippen MR) is 89.4 cm³/mol. The lowest BCUT2D eigenvalue weighted by molar-refractivity contribution is 0.210. The van der Waals surface area contributed by atoms with Crippen LogP contribution in [0, 0.1) is 5.41 Å². The minimum Gasteiger partial charge on any atom is -0.309 e. The Labute approximate surface area is 128 Å². The van der Waals surface area contributed by atoms with E-state index in [9.17, 15) is 0 Å². The monoisotopic (exact) mass is 279 g/mol. The third-order valence-electron chi connectivity index (χ3n) is 4.79. The highest BCUT2D eigenvalue weighted by molar-refractivity contribution is 5.34. The molecule has 0 spiro atoms. The number of fused-ring (bicyclic) bond motifs is 1. The fourth-order valence-electron chi connectivity index (χ4n) is 3.46. The zero-order valence-corrected chi connectivity index (χ0v) is 13.1. The molecule has 0 heterocycles. The Kier molecular flexibility index (Phi) is 4.12. The number of rotatable bonds is 4. The van der Waals surface area contributed by atoms with E-state index in [-0.39, 0.29) is 0 Å². The minimum absolute atomic E-state index is 0.324. The lowest BCUT2D eigenvalue weighted by Gasteiger charge is -2.40. The first-order valence-electron chi connectivity index (χ1n) is 8.02. The van der Waals surface area contributed by atoms with E-state index in [0.29, 0.717) is 11.5 Å². The number of nitrogens with one attached hydrogen (secondary N) is 1. The summed E-state index contributed by atoms with van der Waals surface area (Å²) in [6.45, 7) is 5.82. The highest BCUT2D eigenvalue weighted by Crippen LogP contribution is 2.43. The van der Waals surface area contributed by atoms with Crippen LogP contribution in [0.2, 0.25) is 0 Å². The van der Waals surface area contributed by atoms with Gasteiger partial charge in [-0.15, -0.1) is 0 Å². The molecule has 1 aliphatic carbocycles. The Morgan fingerprint density at radius 1 is 1.00 bits per heavy atom. The van der Waals surface area contributed by atoms with Crippen LogP contribution in [-0.4, -0.2) is 6.54 Å². The molecule has 0 radical (unpaired) electrons. The fourth-order valence-corrected chi connectivity index (χ4v) is 3.46. The average Bonchev–Trinajstić information content (AvgIpc) is 2.50. The first-order chi connectivity index (χ1) is 10.2. The highest BCUT2D eigenvalue weighted by Gasteiger charge is 2.35. The third kappa shape index (κ3) is 3.19. The molecule has 1 aliphatic rings. The van der Waals surface area contributed by atoms with Crippen LogP contribution in [0.3, 0.4) is 0 Å². The molecule has 110 valence electrons.